The molecule has 5 nitrogen and oxygen atoms in total. The van der Waals surface area contributed by atoms with E-state index in [1.54, 1.807) is 4.68 Å². The van der Waals surface area contributed by atoms with Gasteiger partial charge in [0.2, 0.25) is 0 Å². The average Bonchev–Trinajstić information content (AvgIpc) is 2.72. The van der Waals surface area contributed by atoms with Gasteiger partial charge in [-0.05, 0) is 47.0 Å². The van der Waals surface area contributed by atoms with E-state index in [9.17, 15) is 4.79 Å². The van der Waals surface area contributed by atoms with Crippen LogP contribution in [0.15, 0.2) is 16.6 Å². The van der Waals surface area contributed by atoms with Crippen molar-refractivity contribution in [1.82, 2.24) is 14.8 Å². The second-order valence-corrected chi connectivity index (χ2v) is 5.93. The highest BCUT2D eigenvalue weighted by Crippen LogP contribution is 2.28. The smallest absolute Gasteiger partial charge is 0.375 e. The van der Waals surface area contributed by atoms with E-state index in [1.165, 1.54) is 0 Å². The van der Waals surface area contributed by atoms with Crippen molar-refractivity contribution < 1.29 is 9.90 Å². The molecule has 0 unspecified atom stereocenters. The predicted molar refractivity (Wildman–Crippen MR) is 79.6 cm³/mol. The Kier molecular flexibility index (Phi) is 3.94. The van der Waals surface area contributed by atoms with Crippen LogP contribution in [0.1, 0.15) is 47.3 Å². The summed E-state index contributed by atoms with van der Waals surface area (Å²) in [7, 11) is 0. The molecular weight excluding hydrogens is 322 g/mol. The molecule has 2 rings (SSSR count). The van der Waals surface area contributed by atoms with Gasteiger partial charge in [-0.3, -0.25) is 0 Å². The zero-order valence-electron chi connectivity index (χ0n) is 11.8. The van der Waals surface area contributed by atoms with Gasteiger partial charge in [0.25, 0.3) is 5.82 Å². The molecule has 0 amide bonds. The fraction of sp³-hybridized carbons (Fsp3) is 0.357. The SMILES string of the molecule is Cc1cc(C)c(-n2nc(C(=O)O)nc2C(C)C)c(Br)c1. The first kappa shape index (κ1) is 14.7. The first-order valence-corrected chi connectivity index (χ1v) is 7.08. The Morgan fingerprint density at radius 3 is 2.50 bits per heavy atom. The van der Waals surface area contributed by atoms with Crippen LogP contribution in [0.3, 0.4) is 0 Å². The molecular formula is C14H16BrN3O2. The molecule has 106 valence electrons. The lowest BCUT2D eigenvalue weighted by molar-refractivity contribution is 0.0683. The molecule has 0 saturated heterocycles. The summed E-state index contributed by atoms with van der Waals surface area (Å²) in [4.78, 5) is 15.2. The van der Waals surface area contributed by atoms with E-state index in [2.05, 4.69) is 26.0 Å². The first-order valence-electron chi connectivity index (χ1n) is 6.28. The van der Waals surface area contributed by atoms with Crippen molar-refractivity contribution in [2.75, 3.05) is 0 Å². The molecule has 0 saturated carbocycles. The number of halogens is 1. The van der Waals surface area contributed by atoms with Crippen LogP contribution in [0.2, 0.25) is 0 Å². The summed E-state index contributed by atoms with van der Waals surface area (Å²) in [6, 6.07) is 4.01. The van der Waals surface area contributed by atoms with Gasteiger partial charge in [0.15, 0.2) is 0 Å². The van der Waals surface area contributed by atoms with Crippen LogP contribution >= 0.6 is 15.9 Å². The highest BCUT2D eigenvalue weighted by atomic mass is 79.9. The molecule has 1 N–H and O–H groups in total. The van der Waals surface area contributed by atoms with Crippen LogP contribution in [0.5, 0.6) is 0 Å². The van der Waals surface area contributed by atoms with Gasteiger partial charge in [-0.2, -0.15) is 0 Å². The molecule has 2 aromatic rings. The molecule has 20 heavy (non-hydrogen) atoms. The van der Waals surface area contributed by atoms with Gasteiger partial charge in [-0.15, -0.1) is 5.10 Å². The number of rotatable bonds is 3. The monoisotopic (exact) mass is 337 g/mol. The second-order valence-electron chi connectivity index (χ2n) is 5.08. The van der Waals surface area contributed by atoms with Gasteiger partial charge in [0.05, 0.1) is 5.69 Å². The van der Waals surface area contributed by atoms with Crippen molar-refractivity contribution in [2.24, 2.45) is 0 Å². The van der Waals surface area contributed by atoms with Gasteiger partial charge >= 0.3 is 5.97 Å². The van der Waals surface area contributed by atoms with Gasteiger partial charge in [-0.1, -0.05) is 19.9 Å². The number of benzene rings is 1. The molecule has 1 aromatic carbocycles. The average molecular weight is 338 g/mol. The van der Waals surface area contributed by atoms with Crippen LogP contribution in [0, 0.1) is 13.8 Å². The summed E-state index contributed by atoms with van der Waals surface area (Å²) >= 11 is 3.53. The van der Waals surface area contributed by atoms with E-state index in [0.717, 1.165) is 21.3 Å². The quantitative estimate of drug-likeness (QED) is 0.930. The predicted octanol–water partition coefficient (Wildman–Crippen LogP) is 3.47. The van der Waals surface area contributed by atoms with Crippen LogP contribution < -0.4 is 0 Å². The number of aromatic carboxylic acids is 1. The third-order valence-corrected chi connectivity index (χ3v) is 3.55. The van der Waals surface area contributed by atoms with Gasteiger partial charge in [0.1, 0.15) is 5.82 Å². The van der Waals surface area contributed by atoms with E-state index >= 15 is 0 Å². The van der Waals surface area contributed by atoms with Crippen molar-refractivity contribution in [3.8, 4) is 5.69 Å². The van der Waals surface area contributed by atoms with Crippen molar-refractivity contribution in [3.63, 3.8) is 0 Å². The number of carbonyl (C=O) groups is 1. The molecule has 1 heterocycles. The minimum absolute atomic E-state index is 0.0724. The van der Waals surface area contributed by atoms with Crippen LogP contribution in [-0.4, -0.2) is 25.8 Å². The van der Waals surface area contributed by atoms with Crippen LogP contribution in [-0.2, 0) is 0 Å². The maximum absolute atomic E-state index is 11.1. The van der Waals surface area contributed by atoms with Gasteiger partial charge in [0, 0.05) is 10.4 Å². The van der Waals surface area contributed by atoms with Crippen LogP contribution in [0.25, 0.3) is 5.69 Å². The molecule has 0 spiro atoms. The van der Waals surface area contributed by atoms with Crippen LogP contribution in [0.4, 0.5) is 0 Å². The fourth-order valence-electron chi connectivity index (χ4n) is 2.13. The molecule has 0 radical (unpaired) electrons. The van der Waals surface area contributed by atoms with Crippen molar-refractivity contribution in [3.05, 3.63) is 39.4 Å². The molecule has 0 fully saturated rings. The molecule has 0 aliphatic rings. The summed E-state index contributed by atoms with van der Waals surface area (Å²) in [6.07, 6.45) is 0. The number of aromatic nitrogens is 3. The lowest BCUT2D eigenvalue weighted by Gasteiger charge is -2.13. The molecule has 0 aliphatic heterocycles. The first-order chi connectivity index (χ1) is 9.31. The van der Waals surface area contributed by atoms with E-state index < -0.39 is 5.97 Å². The molecule has 0 aliphatic carbocycles. The normalized spacial score (nSPS) is 11.1. The Morgan fingerprint density at radius 2 is 2.00 bits per heavy atom. The zero-order valence-corrected chi connectivity index (χ0v) is 13.4. The number of nitrogens with zero attached hydrogens (tertiary/aromatic N) is 3. The zero-order chi connectivity index (χ0) is 15.0. The summed E-state index contributed by atoms with van der Waals surface area (Å²) in [5.41, 5.74) is 2.97. The minimum atomic E-state index is -1.12. The van der Waals surface area contributed by atoms with Crippen molar-refractivity contribution in [2.45, 2.75) is 33.6 Å². The van der Waals surface area contributed by atoms with Gasteiger partial charge < -0.3 is 5.11 Å². The van der Waals surface area contributed by atoms with E-state index in [0.29, 0.717) is 5.82 Å². The standard InChI is InChI=1S/C14H16BrN3O2/c1-7(2)13-16-12(14(19)20)17-18(13)11-9(4)5-8(3)6-10(11)15/h5-7H,1-4H3,(H,19,20). The third-order valence-electron chi connectivity index (χ3n) is 2.95. The van der Waals surface area contributed by atoms with E-state index in [-0.39, 0.29) is 11.7 Å². The lowest BCUT2D eigenvalue weighted by Crippen LogP contribution is -2.08. The highest BCUT2D eigenvalue weighted by Gasteiger charge is 2.21. The Morgan fingerprint density at radius 1 is 1.35 bits per heavy atom. The third kappa shape index (κ3) is 2.60. The largest absolute Gasteiger partial charge is 0.475 e. The van der Waals surface area contributed by atoms with E-state index in [1.807, 2.05) is 39.8 Å². The molecule has 1 aromatic heterocycles. The summed E-state index contributed by atoms with van der Waals surface area (Å²) in [6.45, 7) is 7.90. The number of aryl methyl sites for hydroxylation is 2. The summed E-state index contributed by atoms with van der Waals surface area (Å²) in [5.74, 6) is -0.592. The summed E-state index contributed by atoms with van der Waals surface area (Å²) in [5, 5.41) is 13.2. The lowest BCUT2D eigenvalue weighted by atomic mass is 10.1. The molecule has 0 bridgehead atoms. The topological polar surface area (TPSA) is 68.0 Å². The summed E-state index contributed by atoms with van der Waals surface area (Å²) < 4.78 is 2.49. The fourth-order valence-corrected chi connectivity index (χ4v) is 2.97. The molecule has 6 heteroatoms. The maximum Gasteiger partial charge on any atom is 0.375 e. The number of hydrogen-bond donors (Lipinski definition) is 1. The Bertz CT molecular complexity index is 654. The number of hydrogen-bond acceptors (Lipinski definition) is 3. The Hall–Kier alpha value is -1.69. The minimum Gasteiger partial charge on any atom is -0.475 e. The number of carboxylic acid groups (broad SMARTS) is 1. The Labute approximate surface area is 125 Å². The number of carboxylic acids is 1. The van der Waals surface area contributed by atoms with Gasteiger partial charge in [-0.25, -0.2) is 14.5 Å². The second kappa shape index (κ2) is 5.36. The highest BCUT2D eigenvalue weighted by molar-refractivity contribution is 9.10. The Balaban J connectivity index is 2.72. The van der Waals surface area contributed by atoms with Crippen molar-refractivity contribution >= 4 is 21.9 Å². The molecule has 0 atom stereocenters. The van der Waals surface area contributed by atoms with E-state index in [4.69, 9.17) is 5.11 Å². The maximum atomic E-state index is 11.1. The van der Waals surface area contributed by atoms with Crippen molar-refractivity contribution in [1.29, 1.82) is 0 Å².